The van der Waals surface area contributed by atoms with Crippen molar-refractivity contribution in [1.29, 1.82) is 0 Å². The Morgan fingerprint density at radius 2 is 2.00 bits per heavy atom. The average Bonchev–Trinajstić information content (AvgIpc) is 3.19. The van der Waals surface area contributed by atoms with Gasteiger partial charge in [0.1, 0.15) is 16.3 Å². The van der Waals surface area contributed by atoms with Crippen molar-refractivity contribution in [1.82, 2.24) is 19.7 Å². The number of carbonyl (C=O) groups excluding carboxylic acids is 1. The highest BCUT2D eigenvalue weighted by atomic mass is 35.5. The number of aryl methyl sites for hydroxylation is 1. The predicted molar refractivity (Wildman–Crippen MR) is 105 cm³/mol. The Balaban J connectivity index is 1.61. The number of aromatic nitrogens is 3. The minimum absolute atomic E-state index is 0.200. The van der Waals surface area contributed by atoms with Crippen LogP contribution in [0.3, 0.4) is 0 Å². The van der Waals surface area contributed by atoms with Gasteiger partial charge in [0.05, 0.1) is 27.5 Å². The molecule has 132 valence electrons. The molecule has 4 rings (SSSR count). The molecule has 3 heterocycles. The zero-order valence-corrected chi connectivity index (χ0v) is 16.1. The predicted octanol–water partition coefficient (Wildman–Crippen LogP) is 4.74. The Morgan fingerprint density at radius 3 is 2.81 bits per heavy atom. The van der Waals surface area contributed by atoms with Crippen LogP contribution in [0.2, 0.25) is 10.0 Å². The van der Waals surface area contributed by atoms with Crippen LogP contribution in [-0.4, -0.2) is 20.3 Å². The van der Waals surface area contributed by atoms with E-state index in [2.05, 4.69) is 15.3 Å². The van der Waals surface area contributed by atoms with Crippen molar-refractivity contribution in [2.24, 2.45) is 0 Å². The molecule has 0 aliphatic rings. The van der Waals surface area contributed by atoms with Gasteiger partial charge in [-0.3, -0.25) is 9.20 Å². The quantitative estimate of drug-likeness (QED) is 0.534. The third-order valence-electron chi connectivity index (χ3n) is 4.00. The van der Waals surface area contributed by atoms with Crippen molar-refractivity contribution in [3.63, 3.8) is 0 Å². The number of halogens is 2. The normalized spacial score (nSPS) is 11.3. The Labute approximate surface area is 163 Å². The van der Waals surface area contributed by atoms with Gasteiger partial charge in [0, 0.05) is 11.2 Å². The maximum absolute atomic E-state index is 12.8. The maximum Gasteiger partial charge on any atom is 0.270 e. The molecule has 0 aliphatic carbocycles. The van der Waals surface area contributed by atoms with Gasteiger partial charge in [-0.1, -0.05) is 30.1 Å². The summed E-state index contributed by atoms with van der Waals surface area (Å²) in [6, 6.07) is 9.12. The number of benzene rings is 1. The van der Waals surface area contributed by atoms with Crippen LogP contribution < -0.4 is 5.32 Å². The molecule has 1 amide bonds. The number of rotatable bonds is 4. The van der Waals surface area contributed by atoms with E-state index in [9.17, 15) is 4.79 Å². The number of hydrogen-bond donors (Lipinski definition) is 1. The lowest BCUT2D eigenvalue weighted by Crippen LogP contribution is -2.25. The standard InChI is InChI=1S/C18H14Cl2N4OS/c1-2-12-17(24-9-11(20)4-6-15(24)22-12)18(25)21-8-16-23-13-5-3-10(19)7-14(13)26-16/h3-7,9H,2,8H2,1H3,(H,21,25). The Morgan fingerprint density at radius 1 is 1.19 bits per heavy atom. The van der Waals surface area contributed by atoms with Crippen LogP contribution in [0.4, 0.5) is 0 Å². The van der Waals surface area contributed by atoms with Crippen LogP contribution in [0.5, 0.6) is 0 Å². The number of fused-ring (bicyclic) bond motifs is 2. The van der Waals surface area contributed by atoms with Gasteiger partial charge >= 0.3 is 0 Å². The van der Waals surface area contributed by atoms with E-state index in [1.54, 1.807) is 22.7 Å². The molecule has 0 atom stereocenters. The lowest BCUT2D eigenvalue weighted by molar-refractivity contribution is 0.0944. The van der Waals surface area contributed by atoms with Crippen molar-refractivity contribution in [3.8, 4) is 0 Å². The van der Waals surface area contributed by atoms with Crippen LogP contribution in [0, 0.1) is 0 Å². The van der Waals surface area contributed by atoms with E-state index < -0.39 is 0 Å². The van der Waals surface area contributed by atoms with Crippen LogP contribution in [0.1, 0.15) is 28.1 Å². The van der Waals surface area contributed by atoms with E-state index >= 15 is 0 Å². The molecule has 0 radical (unpaired) electrons. The highest BCUT2D eigenvalue weighted by Gasteiger charge is 2.18. The third-order valence-corrected chi connectivity index (χ3v) is 5.48. The van der Waals surface area contributed by atoms with Gasteiger partial charge < -0.3 is 5.32 Å². The highest BCUT2D eigenvalue weighted by molar-refractivity contribution is 7.18. The molecule has 1 N–H and O–H groups in total. The molecule has 8 heteroatoms. The first-order valence-corrected chi connectivity index (χ1v) is 9.62. The van der Waals surface area contributed by atoms with Crippen LogP contribution >= 0.6 is 34.5 Å². The summed E-state index contributed by atoms with van der Waals surface area (Å²) >= 11 is 13.6. The molecule has 1 aromatic carbocycles. The number of amides is 1. The molecule has 0 bridgehead atoms. The van der Waals surface area contributed by atoms with Gasteiger partial charge in [0.25, 0.3) is 5.91 Å². The fourth-order valence-corrected chi connectivity index (χ4v) is 4.16. The largest absolute Gasteiger partial charge is 0.344 e. The van der Waals surface area contributed by atoms with Crippen molar-refractivity contribution in [2.75, 3.05) is 0 Å². The molecule has 5 nitrogen and oxygen atoms in total. The zero-order valence-electron chi connectivity index (χ0n) is 13.8. The fourth-order valence-electron chi connectivity index (χ4n) is 2.82. The van der Waals surface area contributed by atoms with Crippen LogP contribution in [0.15, 0.2) is 36.5 Å². The van der Waals surface area contributed by atoms with Gasteiger partial charge in [0.2, 0.25) is 0 Å². The van der Waals surface area contributed by atoms with E-state index in [1.807, 2.05) is 25.1 Å². The SMILES string of the molecule is CCc1nc2ccc(Cl)cn2c1C(=O)NCc1nc2ccc(Cl)cc2s1. The summed E-state index contributed by atoms with van der Waals surface area (Å²) in [6.07, 6.45) is 2.36. The summed E-state index contributed by atoms with van der Waals surface area (Å²) in [5.74, 6) is -0.200. The number of nitrogens with one attached hydrogen (secondary N) is 1. The Hall–Kier alpha value is -2.15. The van der Waals surface area contributed by atoms with Gasteiger partial charge in [-0.15, -0.1) is 11.3 Å². The summed E-state index contributed by atoms with van der Waals surface area (Å²) in [5, 5.41) is 4.98. The number of thiazole rings is 1. The zero-order chi connectivity index (χ0) is 18.3. The van der Waals surface area contributed by atoms with E-state index in [-0.39, 0.29) is 5.91 Å². The molecule has 4 aromatic rings. The summed E-state index contributed by atoms with van der Waals surface area (Å²) in [4.78, 5) is 21.8. The minimum atomic E-state index is -0.200. The van der Waals surface area contributed by atoms with E-state index in [1.165, 1.54) is 11.3 Å². The minimum Gasteiger partial charge on any atom is -0.344 e. The Kier molecular flexibility index (Phi) is 4.56. The van der Waals surface area contributed by atoms with E-state index in [4.69, 9.17) is 23.2 Å². The number of nitrogens with zero attached hydrogens (tertiary/aromatic N) is 3. The van der Waals surface area contributed by atoms with Gasteiger partial charge in [-0.2, -0.15) is 0 Å². The first kappa shape index (κ1) is 17.3. The molecule has 3 aromatic heterocycles. The molecular formula is C18H14Cl2N4OS. The lowest BCUT2D eigenvalue weighted by Gasteiger charge is -2.05. The van der Waals surface area contributed by atoms with Crippen molar-refractivity contribution < 1.29 is 4.79 Å². The second kappa shape index (κ2) is 6.87. The highest BCUT2D eigenvalue weighted by Crippen LogP contribution is 2.25. The number of imidazole rings is 1. The Bertz CT molecular complexity index is 1140. The molecule has 26 heavy (non-hydrogen) atoms. The molecule has 0 fully saturated rings. The van der Waals surface area contributed by atoms with Crippen LogP contribution in [-0.2, 0) is 13.0 Å². The average molecular weight is 405 g/mol. The maximum atomic E-state index is 12.8. The summed E-state index contributed by atoms with van der Waals surface area (Å²) in [7, 11) is 0. The molecule has 0 spiro atoms. The van der Waals surface area contributed by atoms with E-state index in [0.29, 0.717) is 34.4 Å². The first-order valence-electron chi connectivity index (χ1n) is 8.05. The molecular weight excluding hydrogens is 391 g/mol. The van der Waals surface area contributed by atoms with Crippen molar-refractivity contribution in [3.05, 3.63) is 63.0 Å². The van der Waals surface area contributed by atoms with Gasteiger partial charge in [-0.05, 0) is 36.8 Å². The van der Waals surface area contributed by atoms with E-state index in [0.717, 1.165) is 20.9 Å². The monoisotopic (exact) mass is 404 g/mol. The first-order chi connectivity index (χ1) is 12.5. The van der Waals surface area contributed by atoms with Crippen molar-refractivity contribution >= 4 is 56.3 Å². The van der Waals surface area contributed by atoms with Crippen LogP contribution in [0.25, 0.3) is 15.9 Å². The summed E-state index contributed by atoms with van der Waals surface area (Å²) < 4.78 is 2.73. The number of hydrogen-bond acceptors (Lipinski definition) is 4. The smallest absolute Gasteiger partial charge is 0.270 e. The van der Waals surface area contributed by atoms with Gasteiger partial charge in [-0.25, -0.2) is 9.97 Å². The topological polar surface area (TPSA) is 59.3 Å². The second-order valence-electron chi connectivity index (χ2n) is 5.74. The molecule has 0 unspecified atom stereocenters. The lowest BCUT2D eigenvalue weighted by atomic mass is 10.2. The number of carbonyl (C=O) groups is 1. The van der Waals surface area contributed by atoms with Crippen molar-refractivity contribution in [2.45, 2.75) is 19.9 Å². The summed E-state index contributed by atoms with van der Waals surface area (Å²) in [5.41, 5.74) is 2.82. The molecule has 0 saturated carbocycles. The molecule has 0 saturated heterocycles. The third kappa shape index (κ3) is 3.16. The van der Waals surface area contributed by atoms with Gasteiger partial charge in [0.15, 0.2) is 0 Å². The second-order valence-corrected chi connectivity index (χ2v) is 7.73. The fraction of sp³-hybridized carbons (Fsp3) is 0.167. The number of pyridine rings is 1. The summed E-state index contributed by atoms with van der Waals surface area (Å²) in [6.45, 7) is 2.31. The molecule has 0 aliphatic heterocycles.